The van der Waals surface area contributed by atoms with Crippen molar-refractivity contribution in [3.05, 3.63) is 24.7 Å². The molecule has 8 nitrogen and oxygen atoms in total. The number of anilines is 3. The van der Waals surface area contributed by atoms with Crippen LogP contribution >= 0.6 is 0 Å². The molecule has 3 atom stereocenters. The lowest BCUT2D eigenvalue weighted by atomic mass is 9.71. The van der Waals surface area contributed by atoms with Crippen LogP contribution in [-0.4, -0.2) is 62.7 Å². The monoisotopic (exact) mass is 417 g/mol. The molecule has 5 rings (SSSR count). The molecule has 2 aromatic heterocycles. The molecule has 160 valence electrons. The van der Waals surface area contributed by atoms with Gasteiger partial charge in [0.1, 0.15) is 11.7 Å². The first-order chi connectivity index (χ1) is 14.1. The first kappa shape index (κ1) is 19.2. The van der Waals surface area contributed by atoms with E-state index >= 15 is 0 Å². The number of hydrogen-bond acceptors (Lipinski definition) is 6. The third-order valence-electron chi connectivity index (χ3n) is 6.98. The summed E-state index contributed by atoms with van der Waals surface area (Å²) in [4.78, 5) is 25.3. The van der Waals surface area contributed by atoms with Crippen molar-refractivity contribution in [3.63, 3.8) is 0 Å². The number of nitrogens with one attached hydrogen (secondary N) is 1. The molecule has 3 unspecified atom stereocenters. The lowest BCUT2D eigenvalue weighted by molar-refractivity contribution is -0.134. The Morgan fingerprint density at radius 3 is 2.43 bits per heavy atom. The summed E-state index contributed by atoms with van der Waals surface area (Å²) in [6.45, 7) is 6.69. The van der Waals surface area contributed by atoms with Crippen LogP contribution in [-0.2, 0) is 11.8 Å². The quantitative estimate of drug-likeness (QED) is 0.822. The highest BCUT2D eigenvalue weighted by Gasteiger charge is 2.65. The van der Waals surface area contributed by atoms with Gasteiger partial charge in [0.2, 0.25) is 11.9 Å². The Morgan fingerprint density at radius 1 is 1.20 bits per heavy atom. The number of nitrogens with zero attached hydrogens (tertiary/aromatic N) is 6. The van der Waals surface area contributed by atoms with Gasteiger partial charge >= 0.3 is 0 Å². The van der Waals surface area contributed by atoms with Crippen LogP contribution in [0.2, 0.25) is 0 Å². The second-order valence-corrected chi connectivity index (χ2v) is 9.46. The smallest absolute Gasteiger partial charge is 0.260 e. The summed E-state index contributed by atoms with van der Waals surface area (Å²) in [6, 6.07) is 1.87. The Hall–Kier alpha value is -2.78. The maximum Gasteiger partial charge on any atom is 0.260 e. The van der Waals surface area contributed by atoms with E-state index in [2.05, 4.69) is 39.1 Å². The number of likely N-dealkylation sites (tertiary alicyclic amines) is 1. The predicted octanol–water partition coefficient (Wildman–Crippen LogP) is 2.28. The Balaban J connectivity index is 1.30. The van der Waals surface area contributed by atoms with Gasteiger partial charge < -0.3 is 15.1 Å². The fraction of sp³-hybridized carbons (Fsp3) is 0.600. The van der Waals surface area contributed by atoms with Gasteiger partial charge in [0, 0.05) is 62.9 Å². The van der Waals surface area contributed by atoms with E-state index in [4.69, 9.17) is 0 Å². The van der Waals surface area contributed by atoms with E-state index in [1.165, 1.54) is 0 Å². The second kappa shape index (κ2) is 6.12. The van der Waals surface area contributed by atoms with Crippen molar-refractivity contribution in [2.24, 2.45) is 23.8 Å². The van der Waals surface area contributed by atoms with E-state index in [9.17, 15) is 13.6 Å². The van der Waals surface area contributed by atoms with E-state index < -0.39 is 17.7 Å². The SMILES string of the molecule is Cn1cc(Nc2nccc(N3CC4(C)CN(C(=O)C5CC5(F)F)CC4(C)C3)n2)cn1. The van der Waals surface area contributed by atoms with Crippen molar-refractivity contribution in [2.45, 2.75) is 26.2 Å². The molecule has 0 spiro atoms. The summed E-state index contributed by atoms with van der Waals surface area (Å²) in [5, 5.41) is 7.28. The molecule has 1 aliphatic carbocycles. The van der Waals surface area contributed by atoms with Crippen molar-refractivity contribution in [1.29, 1.82) is 0 Å². The van der Waals surface area contributed by atoms with Gasteiger partial charge in [0.15, 0.2) is 0 Å². The zero-order valence-electron chi connectivity index (χ0n) is 17.3. The third kappa shape index (κ3) is 3.00. The fourth-order valence-electron chi connectivity index (χ4n) is 4.88. The molecule has 10 heteroatoms. The summed E-state index contributed by atoms with van der Waals surface area (Å²) >= 11 is 0. The molecule has 1 amide bonds. The molecule has 2 aliphatic heterocycles. The number of aryl methyl sites for hydroxylation is 1. The molecule has 3 aliphatic rings. The summed E-state index contributed by atoms with van der Waals surface area (Å²) < 4.78 is 28.5. The highest BCUT2D eigenvalue weighted by Crippen LogP contribution is 2.55. The van der Waals surface area contributed by atoms with Crippen molar-refractivity contribution in [2.75, 3.05) is 36.4 Å². The number of carbonyl (C=O) groups excluding carboxylic acids is 1. The molecule has 0 radical (unpaired) electrons. The van der Waals surface area contributed by atoms with Crippen LogP contribution in [0.5, 0.6) is 0 Å². The first-order valence-electron chi connectivity index (χ1n) is 10.1. The number of amides is 1. The number of aromatic nitrogens is 4. The molecule has 0 bridgehead atoms. The predicted molar refractivity (Wildman–Crippen MR) is 107 cm³/mol. The van der Waals surface area contributed by atoms with Crippen LogP contribution in [0.1, 0.15) is 20.3 Å². The van der Waals surface area contributed by atoms with Crippen LogP contribution in [0.3, 0.4) is 0 Å². The van der Waals surface area contributed by atoms with Crippen molar-refractivity contribution >= 4 is 23.4 Å². The minimum atomic E-state index is -2.82. The number of fused-ring (bicyclic) bond motifs is 1. The topological polar surface area (TPSA) is 79.2 Å². The molecule has 30 heavy (non-hydrogen) atoms. The number of halogens is 2. The summed E-state index contributed by atoms with van der Waals surface area (Å²) in [7, 11) is 1.84. The van der Waals surface area contributed by atoms with E-state index in [0.29, 0.717) is 32.1 Å². The standard InChI is InChI=1S/C20H25F2N7O/c1-18-9-28(15-4-5-23-17(26-15)25-13-7-24-27(3)8-13)10-19(18,2)12-29(11-18)16(30)14-6-20(14,21)22/h4-5,7-8,14H,6,9-12H2,1-3H3,(H,23,25,26). The van der Waals surface area contributed by atoms with Gasteiger partial charge in [0.25, 0.3) is 5.92 Å². The minimum Gasteiger partial charge on any atom is -0.355 e. The zero-order valence-corrected chi connectivity index (χ0v) is 17.3. The number of rotatable bonds is 4. The highest BCUT2D eigenvalue weighted by molar-refractivity contribution is 5.83. The molecular formula is C20H25F2N7O. The lowest BCUT2D eigenvalue weighted by Gasteiger charge is -2.29. The van der Waals surface area contributed by atoms with Crippen molar-refractivity contribution < 1.29 is 13.6 Å². The fourth-order valence-corrected chi connectivity index (χ4v) is 4.88. The molecule has 3 fully saturated rings. The van der Waals surface area contributed by atoms with Gasteiger partial charge in [-0.25, -0.2) is 13.8 Å². The van der Waals surface area contributed by atoms with Crippen LogP contribution in [0.4, 0.5) is 26.2 Å². The zero-order chi connectivity index (χ0) is 21.3. The number of hydrogen-bond donors (Lipinski definition) is 1. The number of carbonyl (C=O) groups is 1. The van der Waals surface area contributed by atoms with Gasteiger partial charge in [-0.15, -0.1) is 0 Å². The van der Waals surface area contributed by atoms with E-state index in [1.54, 1.807) is 22.0 Å². The summed E-state index contributed by atoms with van der Waals surface area (Å²) in [5.41, 5.74) is 0.432. The van der Waals surface area contributed by atoms with Crippen LogP contribution in [0.15, 0.2) is 24.7 Å². The minimum absolute atomic E-state index is 0.186. The molecule has 0 aromatic carbocycles. The van der Waals surface area contributed by atoms with E-state index in [1.807, 2.05) is 19.3 Å². The number of alkyl halides is 2. The largest absolute Gasteiger partial charge is 0.355 e. The van der Waals surface area contributed by atoms with Crippen LogP contribution in [0, 0.1) is 16.7 Å². The molecule has 2 saturated heterocycles. The maximum atomic E-state index is 13.4. The van der Waals surface area contributed by atoms with Crippen molar-refractivity contribution in [1.82, 2.24) is 24.6 Å². The molecule has 2 aromatic rings. The molecule has 1 saturated carbocycles. The van der Waals surface area contributed by atoms with Gasteiger partial charge in [0.05, 0.1) is 11.9 Å². The van der Waals surface area contributed by atoms with Crippen molar-refractivity contribution in [3.8, 4) is 0 Å². The van der Waals surface area contributed by atoms with Crippen LogP contribution in [0.25, 0.3) is 0 Å². The van der Waals surface area contributed by atoms with Gasteiger partial charge in [-0.2, -0.15) is 10.1 Å². The Bertz CT molecular complexity index is 991. The molecular weight excluding hydrogens is 392 g/mol. The van der Waals surface area contributed by atoms with Gasteiger partial charge in [-0.1, -0.05) is 13.8 Å². The van der Waals surface area contributed by atoms with Crippen LogP contribution < -0.4 is 10.2 Å². The average Bonchev–Trinajstić information content (AvgIpc) is 2.90. The second-order valence-electron chi connectivity index (χ2n) is 9.46. The summed E-state index contributed by atoms with van der Waals surface area (Å²) in [5.74, 6) is -3.04. The highest BCUT2D eigenvalue weighted by atomic mass is 19.3. The average molecular weight is 417 g/mol. The first-order valence-corrected chi connectivity index (χ1v) is 10.1. The molecule has 1 N–H and O–H groups in total. The Kier molecular flexibility index (Phi) is 3.91. The Morgan fingerprint density at radius 2 is 1.87 bits per heavy atom. The van der Waals surface area contributed by atoms with E-state index in [-0.39, 0.29) is 17.3 Å². The third-order valence-corrected chi connectivity index (χ3v) is 6.98. The Labute approximate surface area is 173 Å². The van der Waals surface area contributed by atoms with Gasteiger partial charge in [-0.3, -0.25) is 9.48 Å². The normalized spacial score (nSPS) is 31.7. The lowest BCUT2D eigenvalue weighted by Crippen LogP contribution is -2.37. The van der Waals surface area contributed by atoms with Gasteiger partial charge in [-0.05, 0) is 6.07 Å². The van der Waals surface area contributed by atoms with E-state index in [0.717, 1.165) is 11.5 Å². The summed E-state index contributed by atoms with van der Waals surface area (Å²) in [6.07, 6.45) is 4.95. The molecule has 4 heterocycles. The maximum absolute atomic E-state index is 13.4.